The maximum Gasteiger partial charge on any atom is 0.420 e. The van der Waals surface area contributed by atoms with Crippen molar-refractivity contribution in [1.29, 1.82) is 0 Å². The molecule has 1 aliphatic heterocycles. The van der Waals surface area contributed by atoms with Crippen LogP contribution in [0, 0.1) is 0 Å². The molecule has 6 nitrogen and oxygen atoms in total. The van der Waals surface area contributed by atoms with E-state index in [2.05, 4.69) is 9.88 Å². The molecule has 1 fully saturated rings. The fourth-order valence-electron chi connectivity index (χ4n) is 4.30. The van der Waals surface area contributed by atoms with E-state index < -0.39 is 23.3 Å². The van der Waals surface area contributed by atoms with Crippen molar-refractivity contribution in [3.8, 4) is 11.3 Å². The van der Waals surface area contributed by atoms with Gasteiger partial charge < -0.3 is 14.2 Å². The molecule has 0 N–H and O–H groups in total. The first-order valence-corrected chi connectivity index (χ1v) is 11.0. The lowest BCUT2D eigenvalue weighted by Crippen LogP contribution is -2.49. The Hall–Kier alpha value is -3.30. The zero-order valence-electron chi connectivity index (χ0n) is 18.1. The van der Waals surface area contributed by atoms with Crippen molar-refractivity contribution in [2.24, 2.45) is 0 Å². The third-order valence-electron chi connectivity index (χ3n) is 6.00. The Morgan fingerprint density at radius 1 is 1.15 bits per heavy atom. The number of amides is 1. The Morgan fingerprint density at radius 3 is 2.59 bits per heavy atom. The molecule has 1 saturated heterocycles. The minimum atomic E-state index is -4.71. The molecule has 4 aromatic rings. The van der Waals surface area contributed by atoms with Gasteiger partial charge in [0.05, 0.1) is 17.9 Å². The monoisotopic (exact) mass is 488 g/mol. The normalized spacial score (nSPS) is 17.4. The number of nitrogens with zero attached hydrogens (tertiary/aromatic N) is 4. The van der Waals surface area contributed by atoms with Gasteiger partial charge in [-0.25, -0.2) is 4.98 Å². The van der Waals surface area contributed by atoms with Crippen molar-refractivity contribution in [3.05, 3.63) is 83.0 Å². The Labute approximate surface area is 198 Å². The number of carbonyl (C=O) groups excluding carboxylic acids is 1. The fourth-order valence-corrected chi connectivity index (χ4v) is 4.55. The summed E-state index contributed by atoms with van der Waals surface area (Å²) in [5, 5.41) is -0.176. The van der Waals surface area contributed by atoms with Gasteiger partial charge >= 0.3 is 6.18 Å². The molecule has 176 valence electrons. The largest absolute Gasteiger partial charge is 0.464 e. The summed E-state index contributed by atoms with van der Waals surface area (Å²) in [7, 11) is 1.96. The van der Waals surface area contributed by atoms with Gasteiger partial charge in [0.2, 0.25) is 0 Å². The summed E-state index contributed by atoms with van der Waals surface area (Å²) in [6.07, 6.45) is -1.94. The molecule has 0 aliphatic carbocycles. The van der Waals surface area contributed by atoms with E-state index in [1.807, 2.05) is 37.4 Å². The van der Waals surface area contributed by atoms with Gasteiger partial charge in [0.1, 0.15) is 10.9 Å². The summed E-state index contributed by atoms with van der Waals surface area (Å²) in [4.78, 5) is 21.4. The summed E-state index contributed by atoms with van der Waals surface area (Å²) in [6.45, 7) is 1.59. The van der Waals surface area contributed by atoms with Crippen LogP contribution in [0.25, 0.3) is 17.0 Å². The lowest BCUT2D eigenvalue weighted by Gasteiger charge is -2.40. The van der Waals surface area contributed by atoms with Crippen LogP contribution in [-0.2, 0) is 6.18 Å². The first-order chi connectivity index (χ1) is 16.2. The smallest absolute Gasteiger partial charge is 0.420 e. The number of rotatable bonds is 3. The van der Waals surface area contributed by atoms with E-state index in [0.29, 0.717) is 19.6 Å². The van der Waals surface area contributed by atoms with Crippen molar-refractivity contribution >= 4 is 23.2 Å². The summed E-state index contributed by atoms with van der Waals surface area (Å²) in [5.41, 5.74) is -0.542. The van der Waals surface area contributed by atoms with E-state index in [1.165, 1.54) is 12.5 Å². The number of aromatic nitrogens is 2. The minimum absolute atomic E-state index is 0.171. The first-order valence-electron chi connectivity index (χ1n) is 10.6. The topological polar surface area (TPSA) is 54.0 Å². The molecule has 0 saturated carbocycles. The van der Waals surface area contributed by atoms with Gasteiger partial charge in [-0.3, -0.25) is 9.20 Å². The average molecular weight is 489 g/mol. The van der Waals surface area contributed by atoms with E-state index in [0.717, 1.165) is 16.0 Å². The number of carbonyl (C=O) groups is 1. The van der Waals surface area contributed by atoms with Gasteiger partial charge in [0.15, 0.2) is 11.3 Å². The third-order valence-corrected chi connectivity index (χ3v) is 6.37. The van der Waals surface area contributed by atoms with Gasteiger partial charge in [-0.1, -0.05) is 41.9 Å². The fraction of sp³-hybridized carbons (Fsp3) is 0.250. The summed E-state index contributed by atoms with van der Waals surface area (Å²) >= 11 is 6.49. The van der Waals surface area contributed by atoms with Crippen molar-refractivity contribution in [2.75, 3.05) is 26.7 Å². The SMILES string of the molecule is CN1CCN(C(=O)c2nc3c(C(F)(F)F)cc(-c4ccco4)cn3c2Cl)C(c2ccccc2)C1. The molecule has 1 atom stereocenters. The number of pyridine rings is 1. The highest BCUT2D eigenvalue weighted by atomic mass is 35.5. The predicted molar refractivity (Wildman–Crippen MR) is 121 cm³/mol. The standard InChI is InChI=1S/C24H20ClF3N4O2/c1-30-9-10-31(18(14-30)15-6-3-2-4-7-15)23(33)20-21(25)32-13-16(19-8-5-11-34-19)12-17(22(32)29-20)24(26,27)28/h2-8,11-13,18H,9-10,14H2,1H3. The van der Waals surface area contributed by atoms with Crippen molar-refractivity contribution in [3.63, 3.8) is 0 Å². The molecular weight excluding hydrogens is 469 g/mol. The van der Waals surface area contributed by atoms with Crippen LogP contribution in [0.4, 0.5) is 13.2 Å². The molecule has 0 spiro atoms. The van der Waals surface area contributed by atoms with Crippen LogP contribution in [0.3, 0.4) is 0 Å². The van der Waals surface area contributed by atoms with Crippen molar-refractivity contribution in [1.82, 2.24) is 19.2 Å². The van der Waals surface area contributed by atoms with Gasteiger partial charge in [-0.2, -0.15) is 13.2 Å². The number of imidazole rings is 1. The van der Waals surface area contributed by atoms with Crippen LogP contribution in [0.2, 0.25) is 5.15 Å². The second kappa shape index (κ2) is 8.48. The number of fused-ring (bicyclic) bond motifs is 1. The number of likely N-dealkylation sites (N-methyl/N-ethyl adjacent to an activating group) is 1. The Bertz CT molecular complexity index is 1340. The molecule has 10 heteroatoms. The van der Waals surface area contributed by atoms with Crippen LogP contribution in [0.15, 0.2) is 65.4 Å². The van der Waals surface area contributed by atoms with Gasteiger partial charge in [-0.05, 0) is 30.8 Å². The highest BCUT2D eigenvalue weighted by Crippen LogP contribution is 2.38. The molecule has 1 amide bonds. The molecule has 5 rings (SSSR count). The average Bonchev–Trinajstić information content (AvgIpc) is 3.47. The molecule has 0 radical (unpaired) electrons. The number of piperazine rings is 1. The summed E-state index contributed by atoms with van der Waals surface area (Å²) < 4.78 is 48.2. The number of hydrogen-bond donors (Lipinski definition) is 0. The van der Waals surface area contributed by atoms with Crippen LogP contribution in [0.5, 0.6) is 0 Å². The molecule has 0 bridgehead atoms. The Balaban J connectivity index is 1.62. The molecule has 1 unspecified atom stereocenters. The Morgan fingerprint density at radius 2 is 1.91 bits per heavy atom. The minimum Gasteiger partial charge on any atom is -0.464 e. The molecule has 4 heterocycles. The van der Waals surface area contributed by atoms with Crippen LogP contribution < -0.4 is 0 Å². The van der Waals surface area contributed by atoms with E-state index in [-0.39, 0.29) is 28.2 Å². The van der Waals surface area contributed by atoms with E-state index in [9.17, 15) is 18.0 Å². The Kier molecular flexibility index (Phi) is 5.61. The summed E-state index contributed by atoms with van der Waals surface area (Å²) in [6, 6.07) is 13.3. The molecule has 34 heavy (non-hydrogen) atoms. The third kappa shape index (κ3) is 3.95. The zero-order valence-corrected chi connectivity index (χ0v) is 18.8. The highest BCUT2D eigenvalue weighted by Gasteiger charge is 2.38. The van der Waals surface area contributed by atoms with Gasteiger partial charge in [0.25, 0.3) is 5.91 Å². The number of benzene rings is 1. The van der Waals surface area contributed by atoms with E-state index in [1.54, 1.807) is 17.0 Å². The molecular formula is C24H20ClF3N4O2. The number of furan rings is 1. The summed E-state index contributed by atoms with van der Waals surface area (Å²) in [5.74, 6) is -0.267. The quantitative estimate of drug-likeness (QED) is 0.388. The van der Waals surface area contributed by atoms with Gasteiger partial charge in [-0.15, -0.1) is 0 Å². The lowest BCUT2D eigenvalue weighted by atomic mass is 10.0. The maximum absolute atomic E-state index is 13.9. The van der Waals surface area contributed by atoms with Crippen LogP contribution in [0.1, 0.15) is 27.7 Å². The number of hydrogen-bond acceptors (Lipinski definition) is 4. The second-order valence-electron chi connectivity index (χ2n) is 8.25. The van der Waals surface area contributed by atoms with E-state index >= 15 is 0 Å². The lowest BCUT2D eigenvalue weighted by molar-refractivity contribution is -0.136. The number of halogens is 4. The molecule has 3 aromatic heterocycles. The molecule has 1 aromatic carbocycles. The number of alkyl halides is 3. The van der Waals surface area contributed by atoms with Crippen LogP contribution in [-0.4, -0.2) is 51.8 Å². The van der Waals surface area contributed by atoms with Crippen LogP contribution >= 0.6 is 11.6 Å². The zero-order chi connectivity index (χ0) is 24.0. The molecule has 1 aliphatic rings. The highest BCUT2D eigenvalue weighted by molar-refractivity contribution is 6.33. The maximum atomic E-state index is 13.9. The second-order valence-corrected chi connectivity index (χ2v) is 8.61. The van der Waals surface area contributed by atoms with Crippen molar-refractivity contribution < 1.29 is 22.4 Å². The first kappa shape index (κ1) is 22.5. The van der Waals surface area contributed by atoms with Crippen molar-refractivity contribution in [2.45, 2.75) is 12.2 Å². The van der Waals surface area contributed by atoms with E-state index in [4.69, 9.17) is 16.0 Å². The van der Waals surface area contributed by atoms with Gasteiger partial charge in [0, 0.05) is 31.4 Å². The predicted octanol–water partition coefficient (Wildman–Crippen LogP) is 5.40.